The van der Waals surface area contributed by atoms with E-state index in [2.05, 4.69) is 4.98 Å². The van der Waals surface area contributed by atoms with Gasteiger partial charge in [0.1, 0.15) is 16.7 Å². The number of aromatic nitrogens is 1. The Hall–Kier alpha value is -1.60. The zero-order chi connectivity index (χ0) is 20.1. The molecular weight excluding hydrogens is 400 g/mol. The van der Waals surface area contributed by atoms with Gasteiger partial charge in [0.05, 0.1) is 4.90 Å². The number of rotatable bonds is 8. The molecule has 1 aliphatic carbocycles. The molecule has 1 atom stereocenters. The Morgan fingerprint density at radius 2 is 1.96 bits per heavy atom. The van der Waals surface area contributed by atoms with E-state index in [9.17, 15) is 13.6 Å². The topological polar surface area (TPSA) is 50.2 Å². The lowest BCUT2D eigenvalue weighted by Crippen LogP contribution is -2.04. The molecule has 1 N–H and O–H groups in total. The van der Waals surface area contributed by atoms with E-state index >= 15 is 0 Å². The van der Waals surface area contributed by atoms with Gasteiger partial charge < -0.3 is 5.11 Å². The second kappa shape index (κ2) is 9.74. The van der Waals surface area contributed by atoms with Crippen LogP contribution < -0.4 is 0 Å². The van der Waals surface area contributed by atoms with Gasteiger partial charge in [0.25, 0.3) is 0 Å². The number of hydrogen-bond acceptors (Lipinski definition) is 4. The third kappa shape index (κ3) is 5.47. The molecule has 1 aromatic carbocycles. The van der Waals surface area contributed by atoms with Gasteiger partial charge in [-0.3, -0.25) is 4.79 Å². The molecular formula is C21H23F2NO2S2. The molecule has 28 heavy (non-hydrogen) atoms. The molecule has 0 bridgehead atoms. The van der Waals surface area contributed by atoms with Crippen LogP contribution in [0, 0.1) is 11.6 Å². The molecule has 0 radical (unpaired) electrons. The zero-order valence-electron chi connectivity index (χ0n) is 15.7. The Morgan fingerprint density at radius 3 is 2.61 bits per heavy atom. The Labute approximate surface area is 172 Å². The van der Waals surface area contributed by atoms with Gasteiger partial charge in [-0.2, -0.15) is 0 Å². The van der Waals surface area contributed by atoms with Crippen molar-refractivity contribution < 1.29 is 18.7 Å². The van der Waals surface area contributed by atoms with Crippen molar-refractivity contribution in [1.29, 1.82) is 0 Å². The molecule has 0 aliphatic heterocycles. The minimum atomic E-state index is -0.910. The maximum atomic E-state index is 14.7. The van der Waals surface area contributed by atoms with E-state index in [4.69, 9.17) is 5.11 Å². The van der Waals surface area contributed by atoms with Crippen LogP contribution in [0.15, 0.2) is 40.4 Å². The zero-order valence-corrected chi connectivity index (χ0v) is 17.3. The van der Waals surface area contributed by atoms with Crippen molar-refractivity contribution in [3.63, 3.8) is 0 Å². The molecule has 0 saturated heterocycles. The lowest BCUT2D eigenvalue weighted by molar-refractivity contribution is -0.137. The Bertz CT molecular complexity index is 818. The van der Waals surface area contributed by atoms with Crippen LogP contribution in [-0.2, 0) is 4.79 Å². The molecule has 7 heteroatoms. The van der Waals surface area contributed by atoms with Crippen LogP contribution in [0.25, 0.3) is 11.1 Å². The van der Waals surface area contributed by atoms with Crippen molar-refractivity contribution >= 4 is 29.5 Å². The predicted octanol–water partition coefficient (Wildman–Crippen LogP) is 6.41. The molecule has 1 fully saturated rings. The van der Waals surface area contributed by atoms with Crippen LogP contribution in [0.1, 0.15) is 45.4 Å². The minimum Gasteiger partial charge on any atom is -0.481 e. The summed E-state index contributed by atoms with van der Waals surface area (Å²) in [7, 11) is 0. The third-order valence-electron chi connectivity index (χ3n) is 4.74. The predicted molar refractivity (Wildman–Crippen MR) is 110 cm³/mol. The Balaban J connectivity index is 1.81. The van der Waals surface area contributed by atoms with Crippen molar-refractivity contribution in [2.45, 2.75) is 65.9 Å². The van der Waals surface area contributed by atoms with E-state index in [1.807, 2.05) is 6.07 Å². The normalized spacial score (nSPS) is 15.7. The SMILES string of the molecule is CC(CCC(=O)O)Sc1c(F)cc(-c2cccnc2SC2CCCC2)cc1F. The highest BCUT2D eigenvalue weighted by Gasteiger charge is 2.21. The largest absolute Gasteiger partial charge is 0.481 e. The van der Waals surface area contributed by atoms with Crippen molar-refractivity contribution in [2.24, 2.45) is 0 Å². The summed E-state index contributed by atoms with van der Waals surface area (Å²) < 4.78 is 29.4. The van der Waals surface area contributed by atoms with Gasteiger partial charge in [-0.15, -0.1) is 23.5 Å². The molecule has 1 saturated carbocycles. The monoisotopic (exact) mass is 423 g/mol. The van der Waals surface area contributed by atoms with Crippen LogP contribution in [0.4, 0.5) is 8.78 Å². The summed E-state index contributed by atoms with van der Waals surface area (Å²) in [4.78, 5) is 15.1. The summed E-state index contributed by atoms with van der Waals surface area (Å²) in [6, 6.07) is 6.33. The average Bonchev–Trinajstić information content (AvgIpc) is 3.16. The number of carboxylic acid groups (broad SMARTS) is 1. The average molecular weight is 424 g/mol. The molecule has 1 aromatic heterocycles. The first-order valence-electron chi connectivity index (χ1n) is 9.43. The summed E-state index contributed by atoms with van der Waals surface area (Å²) in [6.45, 7) is 1.78. The molecule has 0 amide bonds. The maximum Gasteiger partial charge on any atom is 0.303 e. The number of carboxylic acids is 1. The van der Waals surface area contributed by atoms with Gasteiger partial charge in [0, 0.05) is 28.7 Å². The van der Waals surface area contributed by atoms with Crippen LogP contribution >= 0.6 is 23.5 Å². The molecule has 1 heterocycles. The first-order valence-corrected chi connectivity index (χ1v) is 11.2. The summed E-state index contributed by atoms with van der Waals surface area (Å²) in [5.41, 5.74) is 1.22. The smallest absolute Gasteiger partial charge is 0.303 e. The number of pyridine rings is 1. The summed E-state index contributed by atoms with van der Waals surface area (Å²) in [5.74, 6) is -2.15. The van der Waals surface area contributed by atoms with Crippen molar-refractivity contribution in [3.05, 3.63) is 42.1 Å². The third-order valence-corrected chi connectivity index (χ3v) is 7.36. The van der Waals surface area contributed by atoms with Gasteiger partial charge in [0.15, 0.2) is 0 Å². The molecule has 150 valence electrons. The van der Waals surface area contributed by atoms with Gasteiger partial charge in [-0.25, -0.2) is 13.8 Å². The number of halogens is 2. The fourth-order valence-corrected chi connectivity index (χ4v) is 5.58. The van der Waals surface area contributed by atoms with Gasteiger partial charge >= 0.3 is 5.97 Å². The molecule has 3 nitrogen and oxygen atoms in total. The fourth-order valence-electron chi connectivity index (χ4n) is 3.28. The second-order valence-electron chi connectivity index (χ2n) is 7.01. The van der Waals surface area contributed by atoms with Crippen molar-refractivity contribution in [3.8, 4) is 11.1 Å². The van der Waals surface area contributed by atoms with Crippen molar-refractivity contribution in [1.82, 2.24) is 4.98 Å². The van der Waals surface area contributed by atoms with Gasteiger partial charge in [0.2, 0.25) is 0 Å². The van der Waals surface area contributed by atoms with Gasteiger partial charge in [-0.05, 0) is 43.0 Å². The summed E-state index contributed by atoms with van der Waals surface area (Å²) >= 11 is 2.73. The van der Waals surface area contributed by atoms with Crippen LogP contribution in [0.5, 0.6) is 0 Å². The lowest BCUT2D eigenvalue weighted by atomic mass is 10.1. The molecule has 3 rings (SSSR count). The standard InChI is InChI=1S/C21H23F2NO2S2/c1-13(8-9-19(25)26)27-20-17(22)11-14(12-18(20)23)16-7-4-10-24-21(16)28-15-5-2-3-6-15/h4,7,10-13,15H,2-3,5-6,8-9H2,1H3,(H,25,26). The molecule has 0 spiro atoms. The fraction of sp³-hybridized carbons (Fsp3) is 0.429. The molecule has 1 unspecified atom stereocenters. The van der Waals surface area contributed by atoms with Gasteiger partial charge in [-0.1, -0.05) is 25.8 Å². The number of benzene rings is 1. The van der Waals surface area contributed by atoms with Crippen molar-refractivity contribution in [2.75, 3.05) is 0 Å². The number of thioether (sulfide) groups is 2. The van der Waals surface area contributed by atoms with E-state index in [-0.39, 0.29) is 16.6 Å². The minimum absolute atomic E-state index is 0.0209. The Morgan fingerprint density at radius 1 is 1.29 bits per heavy atom. The van der Waals surface area contributed by atoms with Crippen LogP contribution in [0.2, 0.25) is 0 Å². The highest BCUT2D eigenvalue weighted by Crippen LogP contribution is 2.40. The second-order valence-corrected chi connectivity index (χ2v) is 9.75. The van der Waals surface area contributed by atoms with E-state index in [1.165, 1.54) is 25.0 Å². The Kier molecular flexibility index (Phi) is 7.35. The first kappa shape index (κ1) is 21.1. The van der Waals surface area contributed by atoms with Crippen LogP contribution in [-0.4, -0.2) is 26.6 Å². The maximum absolute atomic E-state index is 14.7. The highest BCUT2D eigenvalue weighted by atomic mass is 32.2. The molecule has 1 aliphatic rings. The number of aliphatic carboxylic acids is 1. The van der Waals surface area contributed by atoms with Crippen LogP contribution in [0.3, 0.4) is 0 Å². The van der Waals surface area contributed by atoms with E-state index in [0.29, 0.717) is 17.2 Å². The summed E-state index contributed by atoms with van der Waals surface area (Å²) in [5, 5.41) is 9.88. The number of hydrogen-bond donors (Lipinski definition) is 1. The first-order chi connectivity index (χ1) is 13.4. The van der Waals surface area contributed by atoms with E-state index in [1.54, 1.807) is 30.9 Å². The summed E-state index contributed by atoms with van der Waals surface area (Å²) in [6.07, 6.45) is 6.77. The lowest BCUT2D eigenvalue weighted by Gasteiger charge is -2.15. The number of nitrogens with zero attached hydrogens (tertiary/aromatic N) is 1. The number of carbonyl (C=O) groups is 1. The molecule has 2 aromatic rings. The van der Waals surface area contributed by atoms with E-state index < -0.39 is 17.6 Å². The quantitative estimate of drug-likeness (QED) is 0.497. The van der Waals surface area contributed by atoms with E-state index in [0.717, 1.165) is 35.2 Å². The highest BCUT2D eigenvalue weighted by molar-refractivity contribution is 8.00.